The van der Waals surface area contributed by atoms with Gasteiger partial charge in [0, 0.05) is 31.4 Å². The van der Waals surface area contributed by atoms with E-state index in [-0.39, 0.29) is 0 Å². The first kappa shape index (κ1) is 13.9. The lowest BCUT2D eigenvalue weighted by atomic mass is 10.1. The van der Waals surface area contributed by atoms with Crippen molar-refractivity contribution in [2.45, 2.75) is 45.2 Å². The molecular formula is C17H27N3. The molecule has 1 atom stereocenters. The molecule has 0 bridgehead atoms. The lowest BCUT2D eigenvalue weighted by Gasteiger charge is -2.32. The molecule has 110 valence electrons. The van der Waals surface area contributed by atoms with Gasteiger partial charge in [0.15, 0.2) is 0 Å². The number of nitrogens with two attached hydrogens (primary N) is 1. The summed E-state index contributed by atoms with van der Waals surface area (Å²) in [5, 5.41) is 0. The van der Waals surface area contributed by atoms with E-state index in [1.807, 2.05) is 0 Å². The standard InChI is InChI=1S/C17H27N3/c1-14-5-6-15(12-18)17(11-14)20-10-7-16(13-20)19-8-3-2-4-9-19/h5-6,11,16H,2-4,7-10,12-13,18H2,1H3. The molecule has 2 aliphatic rings. The smallest absolute Gasteiger partial charge is 0.0414 e. The zero-order valence-electron chi connectivity index (χ0n) is 12.6. The Balaban J connectivity index is 1.71. The monoisotopic (exact) mass is 273 g/mol. The maximum atomic E-state index is 5.91. The average Bonchev–Trinajstić information content (AvgIpc) is 2.98. The van der Waals surface area contributed by atoms with E-state index in [0.717, 1.165) is 6.04 Å². The molecule has 2 saturated heterocycles. The van der Waals surface area contributed by atoms with Crippen LogP contribution >= 0.6 is 0 Å². The van der Waals surface area contributed by atoms with Crippen LogP contribution in [0.3, 0.4) is 0 Å². The van der Waals surface area contributed by atoms with Crippen LogP contribution in [0.1, 0.15) is 36.8 Å². The number of hydrogen-bond acceptors (Lipinski definition) is 3. The number of nitrogens with zero attached hydrogens (tertiary/aromatic N) is 2. The predicted molar refractivity (Wildman–Crippen MR) is 85.1 cm³/mol. The molecule has 20 heavy (non-hydrogen) atoms. The Bertz CT molecular complexity index is 452. The van der Waals surface area contributed by atoms with Gasteiger partial charge in [-0.3, -0.25) is 4.90 Å². The van der Waals surface area contributed by atoms with Crippen LogP contribution in [-0.2, 0) is 6.54 Å². The lowest BCUT2D eigenvalue weighted by Crippen LogP contribution is -2.41. The SMILES string of the molecule is Cc1ccc(CN)c(N2CCC(N3CCCCC3)C2)c1. The third-order valence-electron chi connectivity index (χ3n) is 4.87. The molecule has 0 spiro atoms. The number of anilines is 1. The predicted octanol–water partition coefficient (Wildman–Crippen LogP) is 2.52. The summed E-state index contributed by atoms with van der Waals surface area (Å²) in [5.74, 6) is 0. The molecule has 0 amide bonds. The van der Waals surface area contributed by atoms with E-state index in [0.29, 0.717) is 6.54 Å². The van der Waals surface area contributed by atoms with E-state index >= 15 is 0 Å². The molecule has 2 N–H and O–H groups in total. The first-order valence-corrected chi connectivity index (χ1v) is 8.06. The van der Waals surface area contributed by atoms with Crippen LogP contribution in [0.5, 0.6) is 0 Å². The third kappa shape index (κ3) is 2.84. The largest absolute Gasteiger partial charge is 0.370 e. The molecule has 2 aliphatic heterocycles. The summed E-state index contributed by atoms with van der Waals surface area (Å²) < 4.78 is 0. The van der Waals surface area contributed by atoms with Crippen molar-refractivity contribution in [3.63, 3.8) is 0 Å². The molecule has 1 aromatic rings. The van der Waals surface area contributed by atoms with Crippen LogP contribution in [0.15, 0.2) is 18.2 Å². The molecule has 1 unspecified atom stereocenters. The zero-order chi connectivity index (χ0) is 13.9. The number of benzene rings is 1. The summed E-state index contributed by atoms with van der Waals surface area (Å²) in [7, 11) is 0. The van der Waals surface area contributed by atoms with E-state index in [1.54, 1.807) is 0 Å². The molecule has 3 nitrogen and oxygen atoms in total. The van der Waals surface area contributed by atoms with Crippen LogP contribution < -0.4 is 10.6 Å². The molecule has 2 fully saturated rings. The van der Waals surface area contributed by atoms with Gasteiger partial charge in [-0.1, -0.05) is 18.6 Å². The van der Waals surface area contributed by atoms with E-state index in [2.05, 4.69) is 34.9 Å². The number of piperidine rings is 1. The van der Waals surface area contributed by atoms with Crippen molar-refractivity contribution in [3.05, 3.63) is 29.3 Å². The van der Waals surface area contributed by atoms with Crippen LogP contribution in [0.25, 0.3) is 0 Å². The van der Waals surface area contributed by atoms with E-state index in [9.17, 15) is 0 Å². The van der Waals surface area contributed by atoms with Crippen molar-refractivity contribution in [2.24, 2.45) is 5.73 Å². The molecular weight excluding hydrogens is 246 g/mol. The van der Waals surface area contributed by atoms with Gasteiger partial charge >= 0.3 is 0 Å². The normalized spacial score (nSPS) is 24.3. The highest BCUT2D eigenvalue weighted by atomic mass is 15.3. The maximum absolute atomic E-state index is 5.91. The molecule has 1 aromatic carbocycles. The fourth-order valence-electron chi connectivity index (χ4n) is 3.68. The van der Waals surface area contributed by atoms with Gasteiger partial charge in [0.05, 0.1) is 0 Å². The second-order valence-electron chi connectivity index (χ2n) is 6.32. The number of hydrogen-bond donors (Lipinski definition) is 1. The van der Waals surface area contributed by atoms with Gasteiger partial charge in [-0.25, -0.2) is 0 Å². The quantitative estimate of drug-likeness (QED) is 0.918. The van der Waals surface area contributed by atoms with E-state index in [4.69, 9.17) is 5.73 Å². The van der Waals surface area contributed by atoms with Gasteiger partial charge in [-0.15, -0.1) is 0 Å². The molecule has 0 aliphatic carbocycles. The van der Waals surface area contributed by atoms with Gasteiger partial charge in [0.25, 0.3) is 0 Å². The Morgan fingerprint density at radius 2 is 1.95 bits per heavy atom. The Morgan fingerprint density at radius 3 is 2.70 bits per heavy atom. The molecule has 0 aromatic heterocycles. The van der Waals surface area contributed by atoms with Crippen LogP contribution in [-0.4, -0.2) is 37.1 Å². The van der Waals surface area contributed by atoms with Gasteiger partial charge in [0.2, 0.25) is 0 Å². The number of likely N-dealkylation sites (tertiary alicyclic amines) is 1. The van der Waals surface area contributed by atoms with Crippen molar-refractivity contribution in [2.75, 3.05) is 31.1 Å². The van der Waals surface area contributed by atoms with E-state index in [1.165, 1.54) is 68.7 Å². The summed E-state index contributed by atoms with van der Waals surface area (Å²) in [5.41, 5.74) is 9.90. The minimum atomic E-state index is 0.639. The average molecular weight is 273 g/mol. The minimum Gasteiger partial charge on any atom is -0.370 e. The van der Waals surface area contributed by atoms with Gasteiger partial charge in [-0.05, 0) is 56.5 Å². The summed E-state index contributed by atoms with van der Waals surface area (Å²) in [6, 6.07) is 7.42. The fraction of sp³-hybridized carbons (Fsp3) is 0.647. The molecule has 3 rings (SSSR count). The van der Waals surface area contributed by atoms with Crippen molar-refractivity contribution in [1.82, 2.24) is 4.90 Å². The van der Waals surface area contributed by atoms with Crippen molar-refractivity contribution < 1.29 is 0 Å². The molecule has 0 radical (unpaired) electrons. The highest BCUT2D eigenvalue weighted by Crippen LogP contribution is 2.28. The third-order valence-corrected chi connectivity index (χ3v) is 4.87. The number of rotatable bonds is 3. The van der Waals surface area contributed by atoms with Crippen molar-refractivity contribution in [3.8, 4) is 0 Å². The molecule has 2 heterocycles. The Morgan fingerprint density at radius 1 is 1.15 bits per heavy atom. The Hall–Kier alpha value is -1.06. The number of aryl methyl sites for hydroxylation is 1. The Labute approximate surface area is 122 Å². The highest BCUT2D eigenvalue weighted by Gasteiger charge is 2.29. The van der Waals surface area contributed by atoms with Gasteiger partial charge in [0.1, 0.15) is 0 Å². The first-order chi connectivity index (χ1) is 9.78. The first-order valence-electron chi connectivity index (χ1n) is 8.06. The fourth-order valence-corrected chi connectivity index (χ4v) is 3.68. The zero-order valence-corrected chi connectivity index (χ0v) is 12.6. The minimum absolute atomic E-state index is 0.639. The molecule has 0 saturated carbocycles. The summed E-state index contributed by atoms with van der Waals surface area (Å²) >= 11 is 0. The Kier molecular flexibility index (Phi) is 4.27. The second-order valence-corrected chi connectivity index (χ2v) is 6.32. The van der Waals surface area contributed by atoms with E-state index < -0.39 is 0 Å². The van der Waals surface area contributed by atoms with Crippen LogP contribution in [0.4, 0.5) is 5.69 Å². The van der Waals surface area contributed by atoms with Gasteiger partial charge < -0.3 is 10.6 Å². The van der Waals surface area contributed by atoms with Crippen molar-refractivity contribution in [1.29, 1.82) is 0 Å². The molecule has 3 heteroatoms. The van der Waals surface area contributed by atoms with Gasteiger partial charge in [-0.2, -0.15) is 0 Å². The second kappa shape index (κ2) is 6.15. The van der Waals surface area contributed by atoms with Crippen molar-refractivity contribution >= 4 is 5.69 Å². The lowest BCUT2D eigenvalue weighted by molar-refractivity contribution is 0.175. The topological polar surface area (TPSA) is 32.5 Å². The van der Waals surface area contributed by atoms with Crippen LogP contribution in [0, 0.1) is 6.92 Å². The van der Waals surface area contributed by atoms with Crippen LogP contribution in [0.2, 0.25) is 0 Å². The summed E-state index contributed by atoms with van der Waals surface area (Å²) in [6.45, 7) is 7.77. The summed E-state index contributed by atoms with van der Waals surface area (Å²) in [6.07, 6.45) is 5.49. The maximum Gasteiger partial charge on any atom is 0.0414 e. The highest BCUT2D eigenvalue weighted by molar-refractivity contribution is 5.56. The summed E-state index contributed by atoms with van der Waals surface area (Å²) in [4.78, 5) is 5.26.